The van der Waals surface area contributed by atoms with Gasteiger partial charge in [-0.25, -0.2) is 0 Å². The van der Waals surface area contributed by atoms with Crippen molar-refractivity contribution in [3.8, 4) is 0 Å². The number of furan rings is 2. The summed E-state index contributed by atoms with van der Waals surface area (Å²) in [5.74, 6) is 0.665. The molecule has 0 saturated carbocycles. The zero-order valence-electron chi connectivity index (χ0n) is 13.8. The first-order chi connectivity index (χ1) is 12.7. The Bertz CT molecular complexity index is 913. The van der Waals surface area contributed by atoms with Crippen LogP contribution >= 0.6 is 31.9 Å². The quantitative estimate of drug-likeness (QED) is 0.303. The van der Waals surface area contributed by atoms with Crippen molar-refractivity contribution in [2.75, 3.05) is 10.7 Å². The molecule has 2 unspecified atom stereocenters. The number of hydrogen-bond donors (Lipinski definition) is 0. The summed E-state index contributed by atoms with van der Waals surface area (Å²) in [6, 6.07) is 19.5. The largest absolute Gasteiger partial charge is 0.460 e. The minimum absolute atomic E-state index is 0.0665. The van der Waals surface area contributed by atoms with Crippen molar-refractivity contribution in [3.05, 3.63) is 72.2 Å². The molecule has 2 aromatic heterocycles. The first kappa shape index (κ1) is 17.6. The fourth-order valence-electron chi connectivity index (χ4n) is 3.18. The molecule has 132 valence electrons. The summed E-state index contributed by atoms with van der Waals surface area (Å²) in [5.41, 5.74) is 1.58. The predicted octanol–water partition coefficient (Wildman–Crippen LogP) is 6.41. The van der Waals surface area contributed by atoms with Crippen LogP contribution in [0.3, 0.4) is 0 Å². The molecule has 0 spiro atoms. The average molecular weight is 476 g/mol. The highest BCUT2D eigenvalue weighted by atomic mass is 79.9. The summed E-state index contributed by atoms with van der Waals surface area (Å²) < 4.78 is 11.9. The molecule has 0 aliphatic rings. The van der Waals surface area contributed by atoms with Gasteiger partial charge in [0.15, 0.2) is 5.78 Å². The van der Waals surface area contributed by atoms with Crippen LogP contribution < -0.4 is 0 Å². The van der Waals surface area contributed by atoms with Gasteiger partial charge in [-0.1, -0.05) is 68.3 Å². The van der Waals surface area contributed by atoms with E-state index in [0.29, 0.717) is 22.2 Å². The van der Waals surface area contributed by atoms with Crippen molar-refractivity contribution in [3.63, 3.8) is 0 Å². The van der Waals surface area contributed by atoms with E-state index < -0.39 is 0 Å². The second-order valence-corrected chi connectivity index (χ2v) is 7.48. The Morgan fingerprint density at radius 3 is 1.58 bits per heavy atom. The van der Waals surface area contributed by atoms with Gasteiger partial charge in [-0.15, -0.1) is 0 Å². The van der Waals surface area contributed by atoms with Crippen molar-refractivity contribution < 1.29 is 13.6 Å². The number of benzene rings is 2. The Hall–Kier alpha value is -1.85. The molecule has 4 aromatic rings. The Balaban J connectivity index is 1.69. The Labute approximate surface area is 167 Å². The summed E-state index contributed by atoms with van der Waals surface area (Å²) >= 11 is 6.98. The van der Waals surface area contributed by atoms with Crippen LogP contribution in [0.4, 0.5) is 0 Å². The minimum Gasteiger partial charge on any atom is -0.460 e. The van der Waals surface area contributed by atoms with Gasteiger partial charge in [0.1, 0.15) is 22.7 Å². The summed E-state index contributed by atoms with van der Waals surface area (Å²) in [4.78, 5) is 13.3. The van der Waals surface area contributed by atoms with Crippen LogP contribution in [0.25, 0.3) is 21.9 Å². The van der Waals surface area contributed by atoms with Gasteiger partial charge in [0, 0.05) is 21.4 Å². The lowest BCUT2D eigenvalue weighted by Crippen LogP contribution is -2.22. The lowest BCUT2D eigenvalue weighted by molar-refractivity contribution is -0.121. The summed E-state index contributed by atoms with van der Waals surface area (Å²) in [5, 5.41) is 2.99. The lowest BCUT2D eigenvalue weighted by atomic mass is 9.91. The highest BCUT2D eigenvalue weighted by Crippen LogP contribution is 2.34. The number of ketones is 1. The van der Waals surface area contributed by atoms with Gasteiger partial charge >= 0.3 is 0 Å². The molecular weight excluding hydrogens is 460 g/mol. The number of fused-ring (bicyclic) bond motifs is 2. The summed E-state index contributed by atoms with van der Waals surface area (Å²) in [7, 11) is 0. The van der Waals surface area contributed by atoms with Crippen LogP contribution in [0.5, 0.6) is 0 Å². The Morgan fingerprint density at radius 1 is 0.769 bits per heavy atom. The standard InChI is InChI=1S/C21H16Br2O3/c22-11-15(19-9-13-5-1-3-7-17(13)25-19)21(24)16(12-23)20-10-14-6-2-4-8-18(14)26-20/h1-10,15-16H,11-12H2. The second-order valence-electron chi connectivity index (χ2n) is 6.19. The van der Waals surface area contributed by atoms with E-state index in [1.807, 2.05) is 60.7 Å². The minimum atomic E-state index is -0.377. The molecule has 0 aliphatic carbocycles. The van der Waals surface area contributed by atoms with Gasteiger partial charge in [0.25, 0.3) is 0 Å². The third-order valence-corrected chi connectivity index (χ3v) is 5.87. The zero-order chi connectivity index (χ0) is 18.1. The maximum atomic E-state index is 13.3. The molecule has 0 N–H and O–H groups in total. The van der Waals surface area contributed by atoms with Gasteiger partial charge in [-0.2, -0.15) is 0 Å². The van der Waals surface area contributed by atoms with E-state index in [0.717, 1.165) is 21.9 Å². The maximum absolute atomic E-state index is 13.3. The zero-order valence-corrected chi connectivity index (χ0v) is 17.0. The van der Waals surface area contributed by atoms with E-state index in [-0.39, 0.29) is 17.6 Å². The van der Waals surface area contributed by atoms with Crippen molar-refractivity contribution in [2.45, 2.75) is 11.8 Å². The first-order valence-electron chi connectivity index (χ1n) is 8.34. The van der Waals surface area contributed by atoms with E-state index in [9.17, 15) is 4.79 Å². The van der Waals surface area contributed by atoms with E-state index in [1.54, 1.807) is 0 Å². The monoisotopic (exact) mass is 474 g/mol. The van der Waals surface area contributed by atoms with Crippen molar-refractivity contribution in [2.24, 2.45) is 0 Å². The summed E-state index contributed by atoms with van der Waals surface area (Å²) in [6.45, 7) is 0. The van der Waals surface area contributed by atoms with Crippen molar-refractivity contribution in [1.29, 1.82) is 0 Å². The molecular formula is C21H16Br2O3. The summed E-state index contributed by atoms with van der Waals surface area (Å²) in [6.07, 6.45) is 0. The molecule has 26 heavy (non-hydrogen) atoms. The van der Waals surface area contributed by atoms with E-state index in [2.05, 4.69) is 31.9 Å². The molecule has 0 saturated heterocycles. The molecule has 0 amide bonds. The number of para-hydroxylation sites is 2. The van der Waals surface area contributed by atoms with E-state index in [4.69, 9.17) is 8.83 Å². The number of alkyl halides is 2. The molecule has 5 heteroatoms. The average Bonchev–Trinajstić information content (AvgIpc) is 3.26. The molecule has 4 rings (SSSR count). The third-order valence-electron chi connectivity index (χ3n) is 4.57. The number of hydrogen-bond acceptors (Lipinski definition) is 3. The molecule has 3 nitrogen and oxygen atoms in total. The number of carbonyl (C=O) groups is 1. The van der Waals surface area contributed by atoms with Gasteiger partial charge in [-0.05, 0) is 24.3 Å². The Kier molecular flexibility index (Phi) is 5.00. The molecule has 2 atom stereocenters. The van der Waals surface area contributed by atoms with Gasteiger partial charge in [0.2, 0.25) is 0 Å². The van der Waals surface area contributed by atoms with Crippen LogP contribution in [-0.4, -0.2) is 16.4 Å². The smallest absolute Gasteiger partial charge is 0.155 e. The second kappa shape index (κ2) is 7.41. The normalized spacial score (nSPS) is 13.9. The number of halogens is 2. The Morgan fingerprint density at radius 2 is 1.19 bits per heavy atom. The van der Waals surface area contributed by atoms with Crippen molar-refractivity contribution >= 4 is 59.6 Å². The van der Waals surface area contributed by atoms with Crippen LogP contribution in [0.15, 0.2) is 69.5 Å². The molecule has 2 heterocycles. The highest BCUT2D eigenvalue weighted by Gasteiger charge is 2.32. The van der Waals surface area contributed by atoms with Gasteiger partial charge in [0.05, 0.1) is 11.8 Å². The van der Waals surface area contributed by atoms with Crippen molar-refractivity contribution in [1.82, 2.24) is 0 Å². The van der Waals surface area contributed by atoms with Gasteiger partial charge in [-0.3, -0.25) is 4.79 Å². The number of Topliss-reactive ketones (excluding diaryl/α,β-unsaturated/α-hetero) is 1. The fourth-order valence-corrected chi connectivity index (χ4v) is 4.45. The van der Waals surface area contributed by atoms with Crippen LogP contribution in [0, 0.1) is 0 Å². The maximum Gasteiger partial charge on any atom is 0.155 e. The first-order valence-corrected chi connectivity index (χ1v) is 10.6. The number of rotatable bonds is 6. The topological polar surface area (TPSA) is 43.4 Å². The number of carbonyl (C=O) groups excluding carboxylic acids is 1. The molecule has 0 bridgehead atoms. The van der Waals surface area contributed by atoms with Gasteiger partial charge < -0.3 is 8.83 Å². The lowest BCUT2D eigenvalue weighted by Gasteiger charge is -2.16. The SMILES string of the molecule is O=C(C(CBr)c1cc2ccccc2o1)C(CBr)c1cc2ccccc2o1. The van der Waals surface area contributed by atoms with E-state index >= 15 is 0 Å². The fraction of sp³-hybridized carbons (Fsp3) is 0.190. The third kappa shape index (κ3) is 3.14. The van der Waals surface area contributed by atoms with E-state index in [1.165, 1.54) is 0 Å². The van der Waals surface area contributed by atoms with Crippen LogP contribution in [0.1, 0.15) is 23.4 Å². The molecule has 2 aromatic carbocycles. The molecule has 0 radical (unpaired) electrons. The van der Waals surface area contributed by atoms with Crippen LogP contribution in [-0.2, 0) is 4.79 Å². The highest BCUT2D eigenvalue weighted by molar-refractivity contribution is 9.09. The molecule has 0 aliphatic heterocycles. The van der Waals surface area contributed by atoms with Crippen LogP contribution in [0.2, 0.25) is 0 Å². The predicted molar refractivity (Wildman–Crippen MR) is 111 cm³/mol. The molecule has 0 fully saturated rings.